The number of fused-ring (bicyclic) bond motifs is 7. The normalized spacial score (nSPS) is 21.3. The van der Waals surface area contributed by atoms with Gasteiger partial charge in [-0.25, -0.2) is 0 Å². The van der Waals surface area contributed by atoms with Gasteiger partial charge in [0.1, 0.15) is 0 Å². The largest absolute Gasteiger partial charge is 0.370 e. The Morgan fingerprint density at radius 3 is 1.91 bits per heavy atom. The molecule has 1 N–H and O–H groups in total. The lowest BCUT2D eigenvalue weighted by atomic mass is 9.85. The summed E-state index contributed by atoms with van der Waals surface area (Å²) in [5, 5.41) is 5.24. The fourth-order valence-corrected chi connectivity index (χ4v) is 9.34. The van der Waals surface area contributed by atoms with Gasteiger partial charge in [-0.1, -0.05) is 54.6 Å². The highest BCUT2D eigenvalue weighted by Gasteiger charge is 2.95. The van der Waals surface area contributed by atoms with Crippen molar-refractivity contribution < 1.29 is 28.9 Å². The zero-order valence-corrected chi connectivity index (χ0v) is 30.5. The number of hydrogen-bond acceptors (Lipinski definition) is 7. The monoisotopic (exact) mass is 718 g/mol. The van der Waals surface area contributed by atoms with E-state index in [-0.39, 0.29) is 23.5 Å². The molecule has 2 unspecified atom stereocenters. The topological polar surface area (TPSA) is 112 Å². The summed E-state index contributed by atoms with van der Waals surface area (Å²) in [5.41, 5.74) is 8.29. The Morgan fingerprint density at radius 2 is 1.30 bits per heavy atom. The molecule has 0 spiro atoms. The van der Waals surface area contributed by atoms with Crippen LogP contribution in [0.25, 0.3) is 49.3 Å². The Morgan fingerprint density at radius 1 is 0.704 bits per heavy atom. The number of benzene rings is 5. The van der Waals surface area contributed by atoms with E-state index >= 15 is 0 Å². The van der Waals surface area contributed by atoms with Gasteiger partial charge in [0.15, 0.2) is 5.78 Å². The highest BCUT2D eigenvalue weighted by atomic mass is 16.7. The summed E-state index contributed by atoms with van der Waals surface area (Å²) in [6.07, 6.45) is 0. The zero-order chi connectivity index (χ0) is 37.7. The third-order valence-electron chi connectivity index (χ3n) is 11.6. The average molecular weight is 719 g/mol. The summed E-state index contributed by atoms with van der Waals surface area (Å²) in [7, 11) is 0. The number of aryl methyl sites for hydroxylation is 1. The van der Waals surface area contributed by atoms with Crippen LogP contribution in [0.4, 0.5) is 0 Å². The molecule has 2 atom stereocenters. The van der Waals surface area contributed by atoms with Crippen LogP contribution in [0.2, 0.25) is 0 Å². The van der Waals surface area contributed by atoms with Crippen molar-refractivity contribution in [2.45, 2.75) is 52.2 Å². The number of amides is 1. The fourth-order valence-electron chi connectivity index (χ4n) is 9.34. The number of nitrogens with zero attached hydrogens (tertiary/aromatic N) is 3. The van der Waals surface area contributed by atoms with E-state index in [4.69, 9.17) is 9.68 Å². The lowest BCUT2D eigenvalue weighted by Crippen LogP contribution is -2.54. The summed E-state index contributed by atoms with van der Waals surface area (Å²) in [6, 6.07) is 36.3. The number of carbonyl (C=O) groups excluding carboxylic acids is 4. The standard InChI is InChI=1S/C44H38N4O6/c1-6-46-35-21-19-28(40(52)32-15-9-12-18-39(32)47-37-16-10-7-13-30(37)31-14-8-11-17-38(31)47)23-33(35)34-24-29(20-22-36(34)46)44(45-53-26(3)50)41-42(44)43(41,5)48(25(2)49)54-27(4)51/h7-24,41-42,45H,6H2,1-5H3. The molecule has 0 aliphatic heterocycles. The van der Waals surface area contributed by atoms with Crippen LogP contribution in [0.1, 0.15) is 56.1 Å². The molecule has 2 aliphatic carbocycles. The number of rotatable bonds is 8. The molecule has 2 aliphatic rings. The zero-order valence-electron chi connectivity index (χ0n) is 30.5. The molecule has 5 aromatic carbocycles. The molecule has 10 heteroatoms. The van der Waals surface area contributed by atoms with Crippen molar-refractivity contribution in [1.29, 1.82) is 0 Å². The molecule has 2 aromatic heterocycles. The minimum absolute atomic E-state index is 0.0927. The Balaban J connectivity index is 1.15. The van der Waals surface area contributed by atoms with Crippen LogP contribution in [0.3, 0.4) is 0 Å². The number of para-hydroxylation sites is 3. The van der Waals surface area contributed by atoms with Crippen LogP contribution < -0.4 is 5.48 Å². The van der Waals surface area contributed by atoms with Gasteiger partial charge in [0.2, 0.25) is 0 Å². The summed E-state index contributed by atoms with van der Waals surface area (Å²) in [6.45, 7) is 8.61. The highest BCUT2D eigenvalue weighted by Crippen LogP contribution is 2.84. The first kappa shape index (κ1) is 33.6. The maximum Gasteiger partial charge on any atom is 0.329 e. The van der Waals surface area contributed by atoms with E-state index in [9.17, 15) is 19.2 Å². The van der Waals surface area contributed by atoms with Gasteiger partial charge in [0.05, 0.1) is 27.8 Å². The van der Waals surface area contributed by atoms with Gasteiger partial charge in [-0.05, 0) is 74.0 Å². The van der Waals surface area contributed by atoms with Gasteiger partial charge >= 0.3 is 11.9 Å². The van der Waals surface area contributed by atoms with Crippen molar-refractivity contribution in [3.8, 4) is 5.69 Å². The van der Waals surface area contributed by atoms with Gasteiger partial charge in [0.25, 0.3) is 5.91 Å². The lowest BCUT2D eigenvalue weighted by molar-refractivity contribution is -0.216. The third kappa shape index (κ3) is 4.62. The van der Waals surface area contributed by atoms with Crippen LogP contribution in [0, 0.1) is 11.8 Å². The molecular formula is C44H38N4O6. The van der Waals surface area contributed by atoms with Crippen molar-refractivity contribution in [2.75, 3.05) is 0 Å². The van der Waals surface area contributed by atoms with E-state index in [1.807, 2.05) is 85.8 Å². The lowest BCUT2D eigenvalue weighted by Gasteiger charge is -2.38. The predicted molar refractivity (Wildman–Crippen MR) is 206 cm³/mol. The maximum atomic E-state index is 14.6. The predicted octanol–water partition coefficient (Wildman–Crippen LogP) is 7.75. The van der Waals surface area contributed by atoms with Gasteiger partial charge in [-0.3, -0.25) is 19.2 Å². The molecule has 2 heterocycles. The molecule has 2 saturated carbocycles. The van der Waals surface area contributed by atoms with Crippen LogP contribution >= 0.6 is 0 Å². The minimum Gasteiger partial charge on any atom is -0.370 e. The van der Waals surface area contributed by atoms with Gasteiger partial charge < -0.3 is 18.8 Å². The van der Waals surface area contributed by atoms with Crippen LogP contribution in [-0.2, 0) is 36.1 Å². The molecule has 1 amide bonds. The second-order valence-electron chi connectivity index (χ2n) is 14.6. The Hall–Kier alpha value is -6.26. The number of carbonyl (C=O) groups is 4. The van der Waals surface area contributed by atoms with E-state index in [1.165, 1.54) is 20.8 Å². The number of hydroxylamine groups is 3. The fraction of sp³-hybridized carbons (Fsp3) is 0.227. The van der Waals surface area contributed by atoms with Crippen LogP contribution in [0.15, 0.2) is 109 Å². The molecule has 0 saturated heterocycles. The van der Waals surface area contributed by atoms with Crippen molar-refractivity contribution in [1.82, 2.24) is 19.7 Å². The van der Waals surface area contributed by atoms with Gasteiger partial charge in [0, 0.05) is 82.9 Å². The summed E-state index contributed by atoms with van der Waals surface area (Å²) in [4.78, 5) is 62.0. The van der Waals surface area contributed by atoms with E-state index in [0.717, 1.165) is 59.9 Å². The molecule has 0 bridgehead atoms. The number of hydrogen-bond donors (Lipinski definition) is 1. The molecular weight excluding hydrogens is 681 g/mol. The SMILES string of the molecule is CCn1c2ccc(C(=O)c3ccccc3-n3c4ccccc4c4ccccc43)cc2c2cc(C3(NOC(C)=O)C4C3C4(C)N(OC(C)=O)C(C)=O)ccc21. The van der Waals surface area contributed by atoms with E-state index in [1.54, 1.807) is 0 Å². The number of nitrogens with one attached hydrogen (secondary N) is 1. The average Bonchev–Trinajstić information content (AvgIpc) is 3.96. The minimum atomic E-state index is -0.808. The molecule has 54 heavy (non-hydrogen) atoms. The van der Waals surface area contributed by atoms with Crippen molar-refractivity contribution in [3.05, 3.63) is 126 Å². The second-order valence-corrected chi connectivity index (χ2v) is 14.6. The molecule has 2 fully saturated rings. The maximum absolute atomic E-state index is 14.6. The smallest absolute Gasteiger partial charge is 0.329 e. The first-order valence-electron chi connectivity index (χ1n) is 18.1. The van der Waals surface area contributed by atoms with Crippen molar-refractivity contribution in [2.24, 2.45) is 11.8 Å². The summed E-state index contributed by atoms with van der Waals surface area (Å²) < 4.78 is 4.39. The molecule has 7 aromatic rings. The summed E-state index contributed by atoms with van der Waals surface area (Å²) in [5.74, 6) is -1.96. The van der Waals surface area contributed by atoms with Gasteiger partial charge in [-0.15, -0.1) is 5.48 Å². The van der Waals surface area contributed by atoms with E-state index < -0.39 is 23.0 Å². The van der Waals surface area contributed by atoms with Crippen molar-refractivity contribution in [3.63, 3.8) is 0 Å². The number of aromatic nitrogens is 2. The van der Waals surface area contributed by atoms with Gasteiger partial charge in [-0.2, -0.15) is 5.06 Å². The molecule has 0 radical (unpaired) electrons. The molecule has 270 valence electrons. The number of ketones is 1. The van der Waals surface area contributed by atoms with Crippen LogP contribution in [-0.4, -0.2) is 43.4 Å². The molecule has 10 nitrogen and oxygen atoms in total. The Labute approximate surface area is 310 Å². The highest BCUT2D eigenvalue weighted by molar-refractivity contribution is 6.17. The Kier molecular flexibility index (Phi) is 7.38. The first-order valence-corrected chi connectivity index (χ1v) is 18.1. The van der Waals surface area contributed by atoms with Crippen LogP contribution in [0.5, 0.6) is 0 Å². The summed E-state index contributed by atoms with van der Waals surface area (Å²) >= 11 is 0. The van der Waals surface area contributed by atoms with E-state index in [0.29, 0.717) is 17.7 Å². The molecule has 9 rings (SSSR count). The quantitative estimate of drug-likeness (QED) is 0.126. The third-order valence-corrected chi connectivity index (χ3v) is 11.6. The second kappa shape index (κ2) is 11.9. The van der Waals surface area contributed by atoms with Crippen molar-refractivity contribution >= 4 is 67.2 Å². The Bertz CT molecular complexity index is 2700. The first-order chi connectivity index (χ1) is 26.0. The van der Waals surface area contributed by atoms with E-state index in [2.05, 4.69) is 51.9 Å².